The molecule has 1 nitrogen and oxygen atoms in total. The van der Waals surface area contributed by atoms with Crippen LogP contribution < -0.4 is 0 Å². The Bertz CT molecular complexity index is 442. The normalized spacial score (nSPS) is 35.0. The van der Waals surface area contributed by atoms with Crippen molar-refractivity contribution in [1.82, 2.24) is 0 Å². The molecule has 2 aliphatic rings. The summed E-state index contributed by atoms with van der Waals surface area (Å²) in [5.74, 6) is 3.05. The first-order valence-electron chi connectivity index (χ1n) is 8.31. The first kappa shape index (κ1) is 13.9. The largest absolute Gasteiger partial charge is 0.299 e. The second-order valence-electron chi connectivity index (χ2n) is 6.97. The van der Waals surface area contributed by atoms with Gasteiger partial charge < -0.3 is 0 Å². The molecule has 0 aliphatic heterocycles. The van der Waals surface area contributed by atoms with Gasteiger partial charge in [-0.05, 0) is 49.0 Å². The van der Waals surface area contributed by atoms with Crippen molar-refractivity contribution in [2.24, 2.45) is 17.8 Å². The Morgan fingerprint density at radius 1 is 0.950 bits per heavy atom. The number of carbonyl (C=O) groups is 1. The number of Topliss-reactive ketones (excluding diaryl/α,β-unsaturated/α-hetero) is 1. The Morgan fingerprint density at radius 3 is 2.35 bits per heavy atom. The van der Waals surface area contributed by atoms with Gasteiger partial charge >= 0.3 is 0 Å². The lowest BCUT2D eigenvalue weighted by Crippen LogP contribution is -2.32. The highest BCUT2D eigenvalue weighted by Crippen LogP contribution is 2.42. The molecule has 0 bridgehead atoms. The zero-order valence-electron chi connectivity index (χ0n) is 12.6. The maximum absolute atomic E-state index is 12.4. The Labute approximate surface area is 122 Å². The molecule has 0 aromatic heterocycles. The van der Waals surface area contributed by atoms with Gasteiger partial charge in [0.2, 0.25) is 0 Å². The predicted octanol–water partition coefficient (Wildman–Crippen LogP) is 4.97. The molecule has 0 saturated heterocycles. The molecule has 108 valence electrons. The Hall–Kier alpha value is -1.11. The first-order chi connectivity index (χ1) is 9.74. The number of carbonyl (C=O) groups excluding carboxylic acids is 1. The van der Waals surface area contributed by atoms with Gasteiger partial charge in [0.1, 0.15) is 5.78 Å². The minimum absolute atomic E-state index is 0.349. The quantitative estimate of drug-likeness (QED) is 0.742. The molecule has 0 spiro atoms. The molecular weight excluding hydrogens is 244 g/mol. The number of hydrogen-bond acceptors (Lipinski definition) is 1. The molecule has 3 rings (SSSR count). The first-order valence-corrected chi connectivity index (χ1v) is 8.31. The lowest BCUT2D eigenvalue weighted by molar-refractivity contribution is -0.127. The molecular formula is C19H26O. The maximum atomic E-state index is 12.4. The van der Waals surface area contributed by atoms with E-state index >= 15 is 0 Å². The van der Waals surface area contributed by atoms with Gasteiger partial charge in [-0.15, -0.1) is 0 Å². The fourth-order valence-electron chi connectivity index (χ4n) is 4.23. The Kier molecular flexibility index (Phi) is 4.24. The third-order valence-electron chi connectivity index (χ3n) is 5.59. The zero-order chi connectivity index (χ0) is 13.9. The summed E-state index contributed by atoms with van der Waals surface area (Å²) >= 11 is 0. The molecule has 0 heterocycles. The second-order valence-corrected chi connectivity index (χ2v) is 6.97. The lowest BCUT2D eigenvalue weighted by Gasteiger charge is -2.37. The molecule has 0 N–H and O–H groups in total. The van der Waals surface area contributed by atoms with Gasteiger partial charge in [-0.1, -0.05) is 50.1 Å². The summed E-state index contributed by atoms with van der Waals surface area (Å²) in [6.45, 7) is 2.35. The van der Waals surface area contributed by atoms with E-state index in [0.29, 0.717) is 23.5 Å². The van der Waals surface area contributed by atoms with E-state index in [2.05, 4.69) is 37.3 Å². The summed E-state index contributed by atoms with van der Waals surface area (Å²) < 4.78 is 0. The van der Waals surface area contributed by atoms with Crippen LogP contribution in [0.1, 0.15) is 63.4 Å². The third kappa shape index (κ3) is 2.97. The van der Waals surface area contributed by atoms with Crippen LogP contribution in [0.2, 0.25) is 0 Å². The number of ketones is 1. The minimum atomic E-state index is 0.349. The molecule has 2 atom stereocenters. The van der Waals surface area contributed by atoms with E-state index < -0.39 is 0 Å². The highest BCUT2D eigenvalue weighted by Gasteiger charge is 2.36. The molecule has 2 fully saturated rings. The molecule has 0 radical (unpaired) electrons. The fourth-order valence-corrected chi connectivity index (χ4v) is 4.23. The van der Waals surface area contributed by atoms with E-state index in [1.807, 2.05) is 0 Å². The van der Waals surface area contributed by atoms with Crippen LogP contribution in [0.5, 0.6) is 0 Å². The number of hydrogen-bond donors (Lipinski definition) is 0. The second kappa shape index (κ2) is 6.11. The summed E-state index contributed by atoms with van der Waals surface area (Å²) in [7, 11) is 0. The van der Waals surface area contributed by atoms with Crippen molar-refractivity contribution < 1.29 is 4.79 Å². The monoisotopic (exact) mass is 270 g/mol. The fraction of sp³-hybridized carbons (Fsp3) is 0.632. The molecule has 20 heavy (non-hydrogen) atoms. The molecule has 0 amide bonds. The van der Waals surface area contributed by atoms with Crippen molar-refractivity contribution in [2.45, 2.75) is 57.8 Å². The average molecular weight is 270 g/mol. The highest BCUT2D eigenvalue weighted by molar-refractivity contribution is 5.82. The SMILES string of the molecule is CC1CCC(C2CC(c3ccccc3)CCC2=O)CC1. The van der Waals surface area contributed by atoms with Crippen molar-refractivity contribution in [1.29, 1.82) is 0 Å². The van der Waals surface area contributed by atoms with E-state index in [9.17, 15) is 4.79 Å². The van der Waals surface area contributed by atoms with E-state index in [0.717, 1.165) is 25.2 Å². The van der Waals surface area contributed by atoms with Gasteiger partial charge in [0, 0.05) is 12.3 Å². The summed E-state index contributed by atoms with van der Waals surface area (Å²) in [6, 6.07) is 10.8. The summed E-state index contributed by atoms with van der Waals surface area (Å²) in [5.41, 5.74) is 1.44. The van der Waals surface area contributed by atoms with Crippen LogP contribution in [0.3, 0.4) is 0 Å². The van der Waals surface area contributed by atoms with Crippen molar-refractivity contribution in [2.75, 3.05) is 0 Å². The average Bonchev–Trinajstić information content (AvgIpc) is 2.50. The van der Waals surface area contributed by atoms with Gasteiger partial charge in [0.15, 0.2) is 0 Å². The summed E-state index contributed by atoms with van der Waals surface area (Å²) in [5, 5.41) is 0. The van der Waals surface area contributed by atoms with Crippen molar-refractivity contribution in [3.05, 3.63) is 35.9 Å². The molecule has 1 aromatic carbocycles. The van der Waals surface area contributed by atoms with E-state index in [4.69, 9.17) is 0 Å². The summed E-state index contributed by atoms with van der Waals surface area (Å²) in [6.07, 6.45) is 8.16. The summed E-state index contributed by atoms with van der Waals surface area (Å²) in [4.78, 5) is 12.4. The smallest absolute Gasteiger partial charge is 0.136 e. The van der Waals surface area contributed by atoms with Gasteiger partial charge in [-0.3, -0.25) is 4.79 Å². The maximum Gasteiger partial charge on any atom is 0.136 e. The lowest BCUT2D eigenvalue weighted by atomic mass is 9.67. The van der Waals surface area contributed by atoms with E-state index in [-0.39, 0.29) is 0 Å². The van der Waals surface area contributed by atoms with Gasteiger partial charge in [-0.25, -0.2) is 0 Å². The Balaban J connectivity index is 1.69. The van der Waals surface area contributed by atoms with Crippen molar-refractivity contribution in [3.8, 4) is 0 Å². The molecule has 1 aromatic rings. The van der Waals surface area contributed by atoms with Gasteiger partial charge in [0.25, 0.3) is 0 Å². The highest BCUT2D eigenvalue weighted by atomic mass is 16.1. The molecule has 2 saturated carbocycles. The van der Waals surface area contributed by atoms with Crippen LogP contribution in [0.15, 0.2) is 30.3 Å². The Morgan fingerprint density at radius 2 is 1.65 bits per heavy atom. The number of rotatable bonds is 2. The van der Waals surface area contributed by atoms with Crippen LogP contribution in [-0.2, 0) is 4.79 Å². The van der Waals surface area contributed by atoms with Gasteiger partial charge in [-0.2, -0.15) is 0 Å². The molecule has 2 unspecified atom stereocenters. The topological polar surface area (TPSA) is 17.1 Å². The van der Waals surface area contributed by atoms with Crippen LogP contribution >= 0.6 is 0 Å². The zero-order valence-corrected chi connectivity index (χ0v) is 12.6. The van der Waals surface area contributed by atoms with Crippen LogP contribution in [0.4, 0.5) is 0 Å². The van der Waals surface area contributed by atoms with Gasteiger partial charge in [0.05, 0.1) is 0 Å². The minimum Gasteiger partial charge on any atom is -0.299 e. The van der Waals surface area contributed by atoms with Crippen LogP contribution in [0.25, 0.3) is 0 Å². The van der Waals surface area contributed by atoms with E-state index in [1.165, 1.54) is 31.2 Å². The molecule has 1 heteroatoms. The van der Waals surface area contributed by atoms with Crippen LogP contribution in [-0.4, -0.2) is 5.78 Å². The van der Waals surface area contributed by atoms with E-state index in [1.54, 1.807) is 0 Å². The molecule has 2 aliphatic carbocycles. The third-order valence-corrected chi connectivity index (χ3v) is 5.59. The standard InChI is InChI=1S/C19H26O/c1-14-7-9-16(10-8-14)18-13-17(11-12-19(18)20)15-5-3-2-4-6-15/h2-6,14,16-18H,7-13H2,1H3. The van der Waals surface area contributed by atoms with Crippen molar-refractivity contribution >= 4 is 5.78 Å². The predicted molar refractivity (Wildman–Crippen MR) is 82.7 cm³/mol. The van der Waals surface area contributed by atoms with Crippen molar-refractivity contribution in [3.63, 3.8) is 0 Å². The number of benzene rings is 1. The van der Waals surface area contributed by atoms with Crippen LogP contribution in [0, 0.1) is 17.8 Å².